The van der Waals surface area contributed by atoms with Gasteiger partial charge in [0.05, 0.1) is 23.7 Å². The second-order valence-corrected chi connectivity index (χ2v) is 7.05. The lowest BCUT2D eigenvalue weighted by Crippen LogP contribution is -2.35. The molecule has 0 aliphatic carbocycles. The van der Waals surface area contributed by atoms with Gasteiger partial charge in [-0.3, -0.25) is 9.59 Å². The van der Waals surface area contributed by atoms with E-state index in [1.165, 1.54) is 28.0 Å². The lowest BCUT2D eigenvalue weighted by atomic mass is 10.2. The Morgan fingerprint density at radius 3 is 2.73 bits per heavy atom. The van der Waals surface area contributed by atoms with Gasteiger partial charge in [0.15, 0.2) is 6.61 Å². The Kier molecular flexibility index (Phi) is 8.04. The largest absolute Gasteiger partial charge is 0.452 e. The maximum atomic E-state index is 12.7. The van der Waals surface area contributed by atoms with Crippen molar-refractivity contribution in [3.63, 3.8) is 0 Å². The highest BCUT2D eigenvalue weighted by molar-refractivity contribution is 6.30. The monoisotopic (exact) mass is 467 g/mol. The molecule has 1 heterocycles. The van der Waals surface area contributed by atoms with E-state index in [0.29, 0.717) is 10.7 Å². The number of ether oxygens (including phenoxy) is 1. The lowest BCUT2D eigenvalue weighted by molar-refractivity contribution is -0.121. The van der Waals surface area contributed by atoms with E-state index in [9.17, 15) is 14.4 Å². The van der Waals surface area contributed by atoms with Gasteiger partial charge in [0, 0.05) is 17.3 Å². The van der Waals surface area contributed by atoms with Crippen molar-refractivity contribution in [3.05, 3.63) is 65.4 Å². The number of carbonyl (C=O) groups excluding carboxylic acids is 3. The highest BCUT2D eigenvalue weighted by atomic mass is 35.5. The number of aromatic nitrogens is 4. The highest BCUT2D eigenvalue weighted by Gasteiger charge is 2.20. The number of benzene rings is 2. The van der Waals surface area contributed by atoms with Gasteiger partial charge in [0.25, 0.3) is 5.91 Å². The number of rotatable bonds is 9. The number of nitriles is 1. The van der Waals surface area contributed by atoms with Crippen LogP contribution < -0.4 is 10.2 Å². The Morgan fingerprint density at radius 2 is 2.00 bits per heavy atom. The summed E-state index contributed by atoms with van der Waals surface area (Å²) in [5, 5.41) is 22.4. The van der Waals surface area contributed by atoms with Crippen molar-refractivity contribution in [3.8, 4) is 6.07 Å². The average molecular weight is 468 g/mol. The number of amides is 2. The Morgan fingerprint density at radius 1 is 1.18 bits per heavy atom. The van der Waals surface area contributed by atoms with Crippen LogP contribution in [0, 0.1) is 11.3 Å². The van der Waals surface area contributed by atoms with Crippen LogP contribution in [0.4, 0.5) is 11.4 Å². The lowest BCUT2D eigenvalue weighted by Gasteiger charge is -2.22. The fraction of sp³-hybridized carbons (Fsp3) is 0.190. The van der Waals surface area contributed by atoms with Gasteiger partial charge in [-0.1, -0.05) is 29.8 Å². The van der Waals surface area contributed by atoms with Crippen molar-refractivity contribution >= 4 is 40.8 Å². The molecule has 1 N–H and O–H groups in total. The van der Waals surface area contributed by atoms with Gasteiger partial charge in [0.2, 0.25) is 5.91 Å². The quantitative estimate of drug-likeness (QED) is 0.471. The topological polar surface area (TPSA) is 143 Å². The highest BCUT2D eigenvalue weighted by Crippen LogP contribution is 2.21. The molecule has 0 saturated carbocycles. The minimum atomic E-state index is -0.798. The van der Waals surface area contributed by atoms with E-state index in [-0.39, 0.29) is 30.8 Å². The number of hydrogen-bond acceptors (Lipinski definition) is 8. The third-order valence-electron chi connectivity index (χ3n) is 4.31. The molecule has 0 spiro atoms. The summed E-state index contributed by atoms with van der Waals surface area (Å²) in [5.74, 6) is -1.78. The average Bonchev–Trinajstić information content (AvgIpc) is 3.31. The molecular formula is C21H18ClN7O4. The van der Waals surface area contributed by atoms with Gasteiger partial charge in [0.1, 0.15) is 12.9 Å². The van der Waals surface area contributed by atoms with E-state index in [4.69, 9.17) is 21.6 Å². The van der Waals surface area contributed by atoms with Gasteiger partial charge in [-0.25, -0.2) is 9.48 Å². The summed E-state index contributed by atoms with van der Waals surface area (Å²) in [6.45, 7) is -0.608. The third kappa shape index (κ3) is 6.59. The first-order chi connectivity index (χ1) is 16.0. The summed E-state index contributed by atoms with van der Waals surface area (Å²) in [7, 11) is 0. The Labute approximate surface area is 193 Å². The first-order valence-electron chi connectivity index (χ1n) is 9.67. The van der Waals surface area contributed by atoms with Crippen molar-refractivity contribution in [2.45, 2.75) is 13.0 Å². The van der Waals surface area contributed by atoms with Crippen LogP contribution in [0.3, 0.4) is 0 Å². The number of halogens is 1. The van der Waals surface area contributed by atoms with Crippen LogP contribution in [0.2, 0.25) is 5.02 Å². The summed E-state index contributed by atoms with van der Waals surface area (Å²) in [6.07, 6.45) is 1.37. The number of nitrogens with one attached hydrogen (secondary N) is 1. The second-order valence-electron chi connectivity index (χ2n) is 6.61. The minimum Gasteiger partial charge on any atom is -0.452 e. The number of nitrogens with zero attached hydrogens (tertiary/aromatic N) is 6. The third-order valence-corrected chi connectivity index (χ3v) is 4.55. The molecule has 3 rings (SSSR count). The van der Waals surface area contributed by atoms with Crippen molar-refractivity contribution in [1.82, 2.24) is 20.2 Å². The van der Waals surface area contributed by atoms with E-state index >= 15 is 0 Å². The zero-order chi connectivity index (χ0) is 23.6. The normalized spacial score (nSPS) is 10.2. The predicted molar refractivity (Wildman–Crippen MR) is 117 cm³/mol. The molecule has 0 radical (unpaired) electrons. The molecule has 33 heavy (non-hydrogen) atoms. The molecule has 0 saturated heterocycles. The van der Waals surface area contributed by atoms with E-state index in [0.717, 1.165) is 0 Å². The molecule has 1 aromatic heterocycles. The molecule has 0 unspecified atom stereocenters. The standard InChI is InChI=1S/C21H18ClN7O4/c22-15-5-3-6-16(11-15)29(10-4-9-23)20(31)13-33-21(32)17-7-1-2-8-18(17)25-19(30)12-28-14-24-26-27-28/h1-3,5-8,11,14H,4,10,12-13H2,(H,25,30). The molecule has 0 bridgehead atoms. The van der Waals surface area contributed by atoms with Gasteiger partial charge in [-0.15, -0.1) is 5.10 Å². The summed E-state index contributed by atoms with van der Waals surface area (Å²) < 4.78 is 6.42. The zero-order valence-corrected chi connectivity index (χ0v) is 18.0. The summed E-state index contributed by atoms with van der Waals surface area (Å²) in [5.41, 5.74) is 0.764. The van der Waals surface area contributed by atoms with Gasteiger partial charge in [-0.2, -0.15) is 5.26 Å². The summed E-state index contributed by atoms with van der Waals surface area (Å²) in [4.78, 5) is 38.9. The van der Waals surface area contributed by atoms with E-state index in [1.54, 1.807) is 36.4 Å². The Bertz CT molecular complexity index is 1180. The molecule has 0 atom stereocenters. The van der Waals surface area contributed by atoms with Gasteiger partial charge >= 0.3 is 5.97 Å². The van der Waals surface area contributed by atoms with Gasteiger partial charge < -0.3 is 15.0 Å². The Hall–Kier alpha value is -4.30. The maximum absolute atomic E-state index is 12.7. The number of tetrazole rings is 1. The number of para-hydroxylation sites is 1. The van der Waals surface area contributed by atoms with Crippen molar-refractivity contribution in [2.24, 2.45) is 0 Å². The molecule has 0 aliphatic rings. The Balaban J connectivity index is 1.66. The first kappa shape index (κ1) is 23.4. The number of esters is 1. The smallest absolute Gasteiger partial charge is 0.340 e. The van der Waals surface area contributed by atoms with E-state index in [1.807, 2.05) is 6.07 Å². The van der Waals surface area contributed by atoms with Crippen LogP contribution in [0.15, 0.2) is 54.9 Å². The van der Waals surface area contributed by atoms with E-state index in [2.05, 4.69) is 20.8 Å². The van der Waals surface area contributed by atoms with Crippen molar-refractivity contribution in [2.75, 3.05) is 23.4 Å². The molecule has 2 aromatic carbocycles. The molecule has 2 amide bonds. The zero-order valence-electron chi connectivity index (χ0n) is 17.2. The molecule has 0 fully saturated rings. The maximum Gasteiger partial charge on any atom is 0.340 e. The van der Waals surface area contributed by atoms with Crippen LogP contribution in [0.1, 0.15) is 16.8 Å². The van der Waals surface area contributed by atoms with Crippen LogP contribution >= 0.6 is 11.6 Å². The SMILES string of the molecule is N#CCCN(C(=O)COC(=O)c1ccccc1NC(=O)Cn1cnnn1)c1cccc(Cl)c1. The molecule has 3 aromatic rings. The number of hydrogen-bond donors (Lipinski definition) is 1. The predicted octanol–water partition coefficient (Wildman–Crippen LogP) is 2.07. The molecule has 168 valence electrons. The van der Waals surface area contributed by atoms with Crippen LogP contribution in [-0.2, 0) is 20.9 Å². The molecule has 11 nitrogen and oxygen atoms in total. The van der Waals surface area contributed by atoms with Crippen molar-refractivity contribution in [1.29, 1.82) is 5.26 Å². The summed E-state index contributed by atoms with van der Waals surface area (Å²) >= 11 is 6.00. The second kappa shape index (κ2) is 11.4. The minimum absolute atomic E-state index is 0.0710. The van der Waals surface area contributed by atoms with Crippen LogP contribution in [-0.4, -0.2) is 51.1 Å². The first-order valence-corrected chi connectivity index (χ1v) is 10.1. The van der Waals surface area contributed by atoms with Crippen molar-refractivity contribution < 1.29 is 19.1 Å². The molecule has 0 aliphatic heterocycles. The fourth-order valence-electron chi connectivity index (χ4n) is 2.85. The number of carbonyl (C=O) groups is 3. The molecular weight excluding hydrogens is 450 g/mol. The van der Waals surface area contributed by atoms with Crippen LogP contribution in [0.25, 0.3) is 0 Å². The fourth-order valence-corrected chi connectivity index (χ4v) is 3.03. The van der Waals surface area contributed by atoms with Crippen LogP contribution in [0.5, 0.6) is 0 Å². The van der Waals surface area contributed by atoms with E-state index < -0.39 is 24.4 Å². The molecule has 12 heteroatoms. The number of anilines is 2. The summed E-state index contributed by atoms with van der Waals surface area (Å²) in [6, 6.07) is 14.8. The van der Waals surface area contributed by atoms with Gasteiger partial charge in [-0.05, 0) is 40.8 Å².